The van der Waals surface area contributed by atoms with Gasteiger partial charge in [-0.05, 0) is 25.0 Å². The van der Waals surface area contributed by atoms with E-state index in [9.17, 15) is 13.6 Å². The van der Waals surface area contributed by atoms with E-state index in [2.05, 4.69) is 6.92 Å². The molecule has 1 aromatic rings. The molecule has 148 valence electrons. The van der Waals surface area contributed by atoms with Gasteiger partial charge in [0.25, 0.3) is 0 Å². The van der Waals surface area contributed by atoms with Crippen molar-refractivity contribution >= 4 is 5.97 Å². The molecule has 0 aliphatic heterocycles. The van der Waals surface area contributed by atoms with Gasteiger partial charge in [0.1, 0.15) is 17.2 Å². The highest BCUT2D eigenvalue weighted by molar-refractivity contribution is 5.90. The van der Waals surface area contributed by atoms with E-state index in [4.69, 9.17) is 4.74 Å². The number of halogens is 2. The van der Waals surface area contributed by atoms with Crippen LogP contribution in [-0.4, -0.2) is 12.6 Å². The molecule has 0 unspecified atom stereocenters. The van der Waals surface area contributed by atoms with Crippen molar-refractivity contribution in [2.24, 2.45) is 0 Å². The van der Waals surface area contributed by atoms with E-state index in [0.717, 1.165) is 25.3 Å². The molecule has 2 nitrogen and oxygen atoms in total. The zero-order valence-corrected chi connectivity index (χ0v) is 16.4. The van der Waals surface area contributed by atoms with Crippen LogP contribution in [0, 0.1) is 18.6 Å². The molecule has 0 atom stereocenters. The summed E-state index contributed by atoms with van der Waals surface area (Å²) in [5, 5.41) is 0. The SMILES string of the molecule is CCCCCCCCCCCCCCOC(=O)c1c(F)ccc(C)c1F. The largest absolute Gasteiger partial charge is 0.462 e. The monoisotopic (exact) mass is 368 g/mol. The smallest absolute Gasteiger partial charge is 0.344 e. The number of benzene rings is 1. The van der Waals surface area contributed by atoms with Gasteiger partial charge in [-0.2, -0.15) is 0 Å². The van der Waals surface area contributed by atoms with Gasteiger partial charge in [0.2, 0.25) is 0 Å². The summed E-state index contributed by atoms with van der Waals surface area (Å²) >= 11 is 0. The lowest BCUT2D eigenvalue weighted by molar-refractivity contribution is 0.0486. The highest BCUT2D eigenvalue weighted by atomic mass is 19.1. The Hall–Kier alpha value is -1.45. The third kappa shape index (κ3) is 8.77. The lowest BCUT2D eigenvalue weighted by atomic mass is 10.1. The van der Waals surface area contributed by atoms with Crippen molar-refractivity contribution in [1.29, 1.82) is 0 Å². The van der Waals surface area contributed by atoms with Gasteiger partial charge in [-0.15, -0.1) is 0 Å². The Balaban J connectivity index is 2.03. The number of carbonyl (C=O) groups is 1. The lowest BCUT2D eigenvalue weighted by Gasteiger charge is -2.08. The van der Waals surface area contributed by atoms with Crippen LogP contribution in [0.4, 0.5) is 8.78 Å². The molecule has 0 spiro atoms. The topological polar surface area (TPSA) is 26.3 Å². The third-order valence-corrected chi connectivity index (χ3v) is 4.72. The Morgan fingerprint density at radius 3 is 1.88 bits per heavy atom. The molecule has 26 heavy (non-hydrogen) atoms. The van der Waals surface area contributed by atoms with Crippen LogP contribution in [0.2, 0.25) is 0 Å². The Bertz CT molecular complexity index is 529. The molecule has 0 fully saturated rings. The molecular formula is C22H34F2O2. The number of carbonyl (C=O) groups excluding carboxylic acids is 1. The zero-order valence-electron chi connectivity index (χ0n) is 16.4. The molecule has 0 bridgehead atoms. The first-order valence-electron chi connectivity index (χ1n) is 10.2. The second-order valence-corrected chi connectivity index (χ2v) is 7.08. The summed E-state index contributed by atoms with van der Waals surface area (Å²) in [6.45, 7) is 3.94. The second-order valence-electron chi connectivity index (χ2n) is 7.08. The summed E-state index contributed by atoms with van der Waals surface area (Å²) in [6.07, 6.45) is 14.6. The van der Waals surface area contributed by atoms with E-state index in [1.807, 2.05) is 0 Å². The van der Waals surface area contributed by atoms with Crippen molar-refractivity contribution in [1.82, 2.24) is 0 Å². The molecular weight excluding hydrogens is 334 g/mol. The quantitative estimate of drug-likeness (QED) is 0.258. The minimum absolute atomic E-state index is 0.211. The van der Waals surface area contributed by atoms with Gasteiger partial charge >= 0.3 is 5.97 Å². The van der Waals surface area contributed by atoms with E-state index in [0.29, 0.717) is 0 Å². The van der Waals surface area contributed by atoms with Crippen molar-refractivity contribution in [3.63, 3.8) is 0 Å². The maximum atomic E-state index is 13.8. The Labute approximate surface area is 157 Å². The number of ether oxygens (including phenoxy) is 1. The summed E-state index contributed by atoms with van der Waals surface area (Å²) in [5.41, 5.74) is -0.340. The predicted molar refractivity (Wildman–Crippen MR) is 102 cm³/mol. The molecule has 0 radical (unpaired) electrons. The first-order valence-corrected chi connectivity index (χ1v) is 10.2. The average molecular weight is 369 g/mol. The van der Waals surface area contributed by atoms with Crippen LogP contribution in [0.5, 0.6) is 0 Å². The maximum Gasteiger partial charge on any atom is 0.344 e. The fourth-order valence-electron chi connectivity index (χ4n) is 3.02. The standard InChI is InChI=1S/C22H34F2O2/c1-3-4-5-6-7-8-9-10-11-12-13-14-17-26-22(25)20-19(23)16-15-18(2)21(20)24/h15-16H,3-14,17H2,1-2H3. The zero-order chi connectivity index (χ0) is 19.2. The van der Waals surface area contributed by atoms with Crippen molar-refractivity contribution in [3.05, 3.63) is 34.9 Å². The molecule has 0 heterocycles. The molecule has 0 aliphatic carbocycles. The van der Waals surface area contributed by atoms with E-state index >= 15 is 0 Å². The molecule has 4 heteroatoms. The average Bonchev–Trinajstić information content (AvgIpc) is 2.62. The molecule has 0 amide bonds. The Morgan fingerprint density at radius 1 is 0.846 bits per heavy atom. The van der Waals surface area contributed by atoms with Gasteiger partial charge < -0.3 is 4.74 Å². The first-order chi connectivity index (χ1) is 12.6. The number of hydrogen-bond donors (Lipinski definition) is 0. The highest BCUT2D eigenvalue weighted by Crippen LogP contribution is 2.18. The van der Waals surface area contributed by atoms with Crippen LogP contribution >= 0.6 is 0 Å². The summed E-state index contributed by atoms with van der Waals surface area (Å²) in [6, 6.07) is 2.41. The molecule has 0 saturated carbocycles. The van der Waals surface area contributed by atoms with Crippen LogP contribution < -0.4 is 0 Å². The van der Waals surface area contributed by atoms with Crippen LogP contribution in [-0.2, 0) is 4.74 Å². The van der Waals surface area contributed by atoms with Crippen molar-refractivity contribution < 1.29 is 18.3 Å². The minimum atomic E-state index is -0.910. The van der Waals surface area contributed by atoms with Crippen LogP contribution in [0.25, 0.3) is 0 Å². The van der Waals surface area contributed by atoms with Gasteiger partial charge in [-0.3, -0.25) is 0 Å². The highest BCUT2D eigenvalue weighted by Gasteiger charge is 2.20. The maximum absolute atomic E-state index is 13.8. The molecule has 0 aliphatic rings. The molecule has 0 saturated heterocycles. The predicted octanol–water partition coefficient (Wildman–Crippen LogP) is 7.13. The molecule has 0 aromatic heterocycles. The Morgan fingerprint density at radius 2 is 1.35 bits per heavy atom. The summed E-state index contributed by atoms with van der Waals surface area (Å²) in [4.78, 5) is 11.8. The molecule has 1 rings (SSSR count). The number of unbranched alkanes of at least 4 members (excludes halogenated alkanes) is 11. The van der Waals surface area contributed by atoms with Gasteiger partial charge in [0.05, 0.1) is 6.61 Å². The van der Waals surface area contributed by atoms with Gasteiger partial charge in [0.15, 0.2) is 0 Å². The van der Waals surface area contributed by atoms with E-state index < -0.39 is 23.2 Å². The number of esters is 1. The minimum Gasteiger partial charge on any atom is -0.462 e. The lowest BCUT2D eigenvalue weighted by Crippen LogP contribution is -2.12. The van der Waals surface area contributed by atoms with E-state index in [1.54, 1.807) is 0 Å². The van der Waals surface area contributed by atoms with Crippen molar-refractivity contribution in [2.75, 3.05) is 6.61 Å². The first kappa shape index (κ1) is 22.6. The van der Waals surface area contributed by atoms with Crippen LogP contribution in [0.1, 0.15) is 99.9 Å². The molecule has 0 N–H and O–H groups in total. The number of aryl methyl sites for hydroxylation is 1. The van der Waals surface area contributed by atoms with Crippen LogP contribution in [0.15, 0.2) is 12.1 Å². The van der Waals surface area contributed by atoms with E-state index in [1.165, 1.54) is 70.8 Å². The summed E-state index contributed by atoms with van der Waals surface area (Å²) in [7, 11) is 0. The Kier molecular flexibility index (Phi) is 11.9. The molecule has 1 aromatic carbocycles. The third-order valence-electron chi connectivity index (χ3n) is 4.72. The van der Waals surface area contributed by atoms with Crippen LogP contribution in [0.3, 0.4) is 0 Å². The van der Waals surface area contributed by atoms with Gasteiger partial charge in [-0.1, -0.05) is 83.6 Å². The number of hydrogen-bond acceptors (Lipinski definition) is 2. The van der Waals surface area contributed by atoms with Gasteiger partial charge in [0, 0.05) is 0 Å². The fraction of sp³-hybridized carbons (Fsp3) is 0.682. The van der Waals surface area contributed by atoms with Crippen molar-refractivity contribution in [2.45, 2.75) is 90.9 Å². The van der Waals surface area contributed by atoms with Gasteiger partial charge in [-0.25, -0.2) is 13.6 Å². The fourth-order valence-corrected chi connectivity index (χ4v) is 3.02. The summed E-state index contributed by atoms with van der Waals surface area (Å²) < 4.78 is 32.5. The number of rotatable bonds is 14. The van der Waals surface area contributed by atoms with Crippen molar-refractivity contribution in [3.8, 4) is 0 Å². The normalized spacial score (nSPS) is 10.9. The summed E-state index contributed by atoms with van der Waals surface area (Å²) in [5.74, 6) is -2.61. The van der Waals surface area contributed by atoms with E-state index in [-0.39, 0.29) is 12.2 Å². The second kappa shape index (κ2) is 13.7.